The minimum Gasteiger partial charge on any atom is -0.509 e. The van der Waals surface area contributed by atoms with Gasteiger partial charge in [-0.1, -0.05) is 59.7 Å². The zero-order valence-corrected chi connectivity index (χ0v) is 18.1. The Hall–Kier alpha value is -2.15. The summed E-state index contributed by atoms with van der Waals surface area (Å²) >= 11 is 0. The van der Waals surface area contributed by atoms with Gasteiger partial charge in [0.05, 0.1) is 10.9 Å². The average molecular weight is 405 g/mol. The summed E-state index contributed by atoms with van der Waals surface area (Å²) < 4.78 is 28.7. The molecule has 6 nitrogen and oxygen atoms in total. The predicted octanol–water partition coefficient (Wildman–Crippen LogP) is 3.68. The normalized spacial score (nSPS) is 21.9. The number of sulfonamides is 1. The van der Waals surface area contributed by atoms with E-state index in [9.17, 15) is 18.3 Å². The summed E-state index contributed by atoms with van der Waals surface area (Å²) in [4.78, 5) is 15.1. The minimum absolute atomic E-state index is 0.00218. The number of carbonyl (C=O) groups is 1. The fraction of sp³-hybridized carbons (Fsp3) is 0.524. The highest BCUT2D eigenvalue weighted by atomic mass is 32.2. The van der Waals surface area contributed by atoms with E-state index in [0.29, 0.717) is 12.1 Å². The highest BCUT2D eigenvalue weighted by molar-refractivity contribution is 7.90. The summed E-state index contributed by atoms with van der Waals surface area (Å²) in [5.74, 6) is -0.468. The molecule has 0 spiro atoms. The first-order chi connectivity index (χ1) is 12.7. The predicted molar refractivity (Wildman–Crippen MR) is 109 cm³/mol. The van der Waals surface area contributed by atoms with Crippen LogP contribution in [0.4, 0.5) is 0 Å². The van der Waals surface area contributed by atoms with Gasteiger partial charge in [0.15, 0.2) is 0 Å². The van der Waals surface area contributed by atoms with Crippen molar-refractivity contribution in [2.24, 2.45) is 15.2 Å². The van der Waals surface area contributed by atoms with E-state index in [-0.39, 0.29) is 33.3 Å². The zero-order valence-electron chi connectivity index (χ0n) is 17.3. The molecule has 0 fully saturated rings. The van der Waals surface area contributed by atoms with Crippen LogP contribution in [0.25, 0.3) is 0 Å². The number of amides is 1. The van der Waals surface area contributed by atoms with Crippen LogP contribution in [0.2, 0.25) is 0 Å². The number of rotatable bonds is 3. The molecule has 0 aliphatic carbocycles. The Morgan fingerprint density at radius 2 is 1.71 bits per heavy atom. The highest BCUT2D eigenvalue weighted by Crippen LogP contribution is 2.40. The maximum absolute atomic E-state index is 13.3. The van der Waals surface area contributed by atoms with Crippen LogP contribution in [0.5, 0.6) is 0 Å². The van der Waals surface area contributed by atoms with Crippen LogP contribution in [0.15, 0.2) is 44.9 Å². The molecule has 7 heteroatoms. The number of nitrogens with zero attached hydrogens (tertiary/aromatic N) is 2. The van der Waals surface area contributed by atoms with Crippen molar-refractivity contribution in [1.82, 2.24) is 4.90 Å². The number of hydrogen-bond acceptors (Lipinski definition) is 4. The summed E-state index contributed by atoms with van der Waals surface area (Å²) in [5, 5.41) is 11.1. The third kappa shape index (κ3) is 3.48. The monoisotopic (exact) mass is 404 g/mol. The molecule has 152 valence electrons. The van der Waals surface area contributed by atoms with Crippen molar-refractivity contribution < 1.29 is 18.3 Å². The standard InChI is InChI=1S/C21H28N2O4S/c1-20(2,3)11-12-23-18(21(4,5)6)17(24)15(19(23)25)16-13-9-7-8-10-14(13)28(26,27)22-16/h7-10,18,24H,11-12H2,1-6H3/t18-/m1/s1. The van der Waals surface area contributed by atoms with Crippen LogP contribution < -0.4 is 0 Å². The molecule has 0 aromatic heterocycles. The molecule has 1 amide bonds. The Morgan fingerprint density at radius 1 is 1.11 bits per heavy atom. The van der Waals surface area contributed by atoms with Crippen molar-refractivity contribution in [3.05, 3.63) is 41.2 Å². The van der Waals surface area contributed by atoms with E-state index in [1.165, 1.54) is 6.07 Å². The molecule has 1 N–H and O–H groups in total. The summed E-state index contributed by atoms with van der Waals surface area (Å²) in [7, 11) is -3.87. The summed E-state index contributed by atoms with van der Waals surface area (Å²) in [6, 6.07) is 5.88. The van der Waals surface area contributed by atoms with E-state index in [1.54, 1.807) is 23.1 Å². The molecule has 2 heterocycles. The number of aliphatic hydroxyl groups excluding tert-OH is 1. The lowest BCUT2D eigenvalue weighted by molar-refractivity contribution is -0.128. The Labute approximate surface area is 167 Å². The first-order valence-electron chi connectivity index (χ1n) is 9.43. The molecular formula is C21H28N2O4S. The van der Waals surface area contributed by atoms with Gasteiger partial charge < -0.3 is 10.0 Å². The second-order valence-corrected chi connectivity index (χ2v) is 11.3. The van der Waals surface area contributed by atoms with Crippen LogP contribution in [0.3, 0.4) is 0 Å². The number of benzene rings is 1. The quantitative estimate of drug-likeness (QED) is 0.832. The lowest BCUT2D eigenvalue weighted by atomic mass is 9.84. The second kappa shape index (κ2) is 6.44. The molecule has 0 bridgehead atoms. The van der Waals surface area contributed by atoms with E-state index < -0.39 is 21.5 Å². The Bertz CT molecular complexity index is 992. The lowest BCUT2D eigenvalue weighted by Gasteiger charge is -2.36. The van der Waals surface area contributed by atoms with Crippen LogP contribution in [-0.4, -0.2) is 42.6 Å². The van der Waals surface area contributed by atoms with Crippen molar-refractivity contribution >= 4 is 21.6 Å². The van der Waals surface area contributed by atoms with Crippen LogP contribution in [0, 0.1) is 10.8 Å². The maximum Gasteiger partial charge on any atom is 0.283 e. The minimum atomic E-state index is -3.87. The highest BCUT2D eigenvalue weighted by Gasteiger charge is 2.48. The molecule has 1 aromatic carbocycles. The van der Waals surface area contributed by atoms with Crippen LogP contribution in [0.1, 0.15) is 53.5 Å². The van der Waals surface area contributed by atoms with Gasteiger partial charge in [-0.2, -0.15) is 12.8 Å². The average Bonchev–Trinajstić information content (AvgIpc) is 2.95. The Kier molecular flexibility index (Phi) is 4.73. The van der Waals surface area contributed by atoms with Crippen molar-refractivity contribution in [3.63, 3.8) is 0 Å². The van der Waals surface area contributed by atoms with E-state index in [2.05, 4.69) is 25.2 Å². The summed E-state index contributed by atoms with van der Waals surface area (Å²) in [6.45, 7) is 12.6. The molecule has 1 atom stereocenters. The number of aliphatic hydroxyl groups is 1. The second-order valence-electron chi connectivity index (χ2n) is 9.75. The molecule has 0 unspecified atom stereocenters. The van der Waals surface area contributed by atoms with Gasteiger partial charge in [0, 0.05) is 12.1 Å². The summed E-state index contributed by atoms with van der Waals surface area (Å²) in [5.41, 5.74) is 0.00875. The number of carbonyl (C=O) groups excluding carboxylic acids is 1. The van der Waals surface area contributed by atoms with E-state index >= 15 is 0 Å². The molecule has 1 aromatic rings. The van der Waals surface area contributed by atoms with E-state index in [4.69, 9.17) is 0 Å². The zero-order chi connectivity index (χ0) is 21.1. The van der Waals surface area contributed by atoms with Crippen LogP contribution >= 0.6 is 0 Å². The smallest absolute Gasteiger partial charge is 0.283 e. The lowest BCUT2D eigenvalue weighted by Crippen LogP contribution is -2.45. The maximum atomic E-state index is 13.3. The van der Waals surface area contributed by atoms with Gasteiger partial charge >= 0.3 is 0 Å². The van der Waals surface area contributed by atoms with Gasteiger partial charge in [-0.3, -0.25) is 4.79 Å². The van der Waals surface area contributed by atoms with Crippen molar-refractivity contribution in [2.45, 2.75) is 58.9 Å². The Morgan fingerprint density at radius 3 is 2.29 bits per heavy atom. The van der Waals surface area contributed by atoms with E-state index in [1.807, 2.05) is 20.8 Å². The van der Waals surface area contributed by atoms with Gasteiger partial charge in [-0.15, -0.1) is 0 Å². The third-order valence-electron chi connectivity index (χ3n) is 5.09. The molecule has 0 radical (unpaired) electrons. The fourth-order valence-corrected chi connectivity index (χ4v) is 4.95. The van der Waals surface area contributed by atoms with Gasteiger partial charge in [0.1, 0.15) is 17.0 Å². The van der Waals surface area contributed by atoms with Crippen LogP contribution in [-0.2, 0) is 14.8 Å². The largest absolute Gasteiger partial charge is 0.509 e. The summed E-state index contributed by atoms with van der Waals surface area (Å²) in [6.07, 6.45) is 0.757. The molecule has 28 heavy (non-hydrogen) atoms. The molecule has 0 saturated carbocycles. The SMILES string of the molecule is CC(C)(C)CCN1C(=O)C(C2=NS(=O)(=O)c3ccccc32)=C(O)[C@@H]1C(C)(C)C. The molecule has 2 aliphatic heterocycles. The fourth-order valence-electron chi connectivity index (χ4n) is 3.73. The van der Waals surface area contributed by atoms with Crippen molar-refractivity contribution in [1.29, 1.82) is 0 Å². The number of hydrogen-bond donors (Lipinski definition) is 1. The Balaban J connectivity index is 2.11. The first-order valence-corrected chi connectivity index (χ1v) is 10.9. The topological polar surface area (TPSA) is 87.0 Å². The number of fused-ring (bicyclic) bond motifs is 1. The van der Waals surface area contributed by atoms with Gasteiger partial charge in [0.2, 0.25) is 0 Å². The van der Waals surface area contributed by atoms with Crippen molar-refractivity contribution in [2.75, 3.05) is 6.54 Å². The van der Waals surface area contributed by atoms with Crippen molar-refractivity contribution in [3.8, 4) is 0 Å². The molecule has 2 aliphatic rings. The molecule has 0 saturated heterocycles. The first kappa shape index (κ1) is 20.6. The van der Waals surface area contributed by atoms with Gasteiger partial charge in [-0.25, -0.2) is 0 Å². The molecular weight excluding hydrogens is 376 g/mol. The molecule has 3 rings (SSSR count). The third-order valence-corrected chi connectivity index (χ3v) is 6.43. The van der Waals surface area contributed by atoms with Gasteiger partial charge in [-0.05, 0) is 23.3 Å². The van der Waals surface area contributed by atoms with Gasteiger partial charge in [0.25, 0.3) is 15.9 Å². The van der Waals surface area contributed by atoms with E-state index in [0.717, 1.165) is 6.42 Å².